The average Bonchev–Trinajstić information content (AvgIpc) is 2.34. The molecule has 1 amide bonds. The third kappa shape index (κ3) is 1.46. The van der Waals surface area contributed by atoms with E-state index in [0.717, 1.165) is 0 Å². The van der Waals surface area contributed by atoms with Crippen LogP contribution < -0.4 is 11.2 Å². The molecule has 0 aliphatic carbocycles. The van der Waals surface area contributed by atoms with Gasteiger partial charge in [0.25, 0.3) is 0 Å². The Balaban J connectivity index is 2.36. The van der Waals surface area contributed by atoms with Gasteiger partial charge in [0.2, 0.25) is 5.91 Å². The highest BCUT2D eigenvalue weighted by Gasteiger charge is 2.26. The van der Waals surface area contributed by atoms with Gasteiger partial charge in [-0.1, -0.05) is 0 Å². The van der Waals surface area contributed by atoms with Gasteiger partial charge >= 0.3 is 0 Å². The Morgan fingerprint density at radius 3 is 3.00 bits per heavy atom. The molecule has 0 spiro atoms. The lowest BCUT2D eigenvalue weighted by molar-refractivity contribution is -0.119. The summed E-state index contributed by atoms with van der Waals surface area (Å²) in [5.74, 6) is 5.30. The standard InChI is InChI=1S/C6H12N2O2/c1-4(10-7)5-2-6(9)8-3-5/h4-5H,2-3,7H2,1H3,(H,8,9). The molecule has 1 rings (SSSR count). The van der Waals surface area contributed by atoms with Crippen LogP contribution in [0.25, 0.3) is 0 Å². The Hall–Kier alpha value is -0.610. The van der Waals surface area contributed by atoms with E-state index in [0.29, 0.717) is 13.0 Å². The molecule has 1 aliphatic rings. The van der Waals surface area contributed by atoms with Gasteiger partial charge < -0.3 is 10.2 Å². The summed E-state index contributed by atoms with van der Waals surface area (Å²) in [4.78, 5) is 15.3. The van der Waals surface area contributed by atoms with Crippen molar-refractivity contribution >= 4 is 5.91 Å². The first kappa shape index (κ1) is 7.50. The third-order valence-corrected chi connectivity index (χ3v) is 1.89. The average molecular weight is 144 g/mol. The van der Waals surface area contributed by atoms with Crippen molar-refractivity contribution in [3.63, 3.8) is 0 Å². The van der Waals surface area contributed by atoms with E-state index < -0.39 is 0 Å². The third-order valence-electron chi connectivity index (χ3n) is 1.89. The zero-order chi connectivity index (χ0) is 7.56. The Morgan fingerprint density at radius 1 is 1.90 bits per heavy atom. The molecular weight excluding hydrogens is 132 g/mol. The minimum absolute atomic E-state index is 0.0288. The molecule has 1 fully saturated rings. The van der Waals surface area contributed by atoms with Gasteiger partial charge in [0.05, 0.1) is 6.10 Å². The lowest BCUT2D eigenvalue weighted by Crippen LogP contribution is -2.25. The molecule has 4 heteroatoms. The molecule has 10 heavy (non-hydrogen) atoms. The van der Waals surface area contributed by atoms with Crippen molar-refractivity contribution in [3.8, 4) is 0 Å². The molecular formula is C6H12N2O2. The molecule has 1 aliphatic heterocycles. The first-order valence-corrected chi connectivity index (χ1v) is 3.36. The first-order chi connectivity index (χ1) is 4.74. The Morgan fingerprint density at radius 2 is 2.60 bits per heavy atom. The summed E-state index contributed by atoms with van der Waals surface area (Å²) in [5, 5.41) is 2.71. The molecule has 58 valence electrons. The number of carbonyl (C=O) groups is 1. The molecule has 2 unspecified atom stereocenters. The summed E-state index contributed by atoms with van der Waals surface area (Å²) in [7, 11) is 0. The Bertz CT molecular complexity index is 138. The Kier molecular flexibility index (Phi) is 2.24. The smallest absolute Gasteiger partial charge is 0.220 e. The largest absolute Gasteiger partial charge is 0.356 e. The number of hydrogen-bond acceptors (Lipinski definition) is 3. The van der Waals surface area contributed by atoms with Crippen LogP contribution in [0, 0.1) is 5.92 Å². The molecule has 0 aromatic heterocycles. The highest BCUT2D eigenvalue weighted by Crippen LogP contribution is 2.14. The number of hydrogen-bond donors (Lipinski definition) is 2. The van der Waals surface area contributed by atoms with E-state index in [9.17, 15) is 4.79 Å². The summed E-state index contributed by atoms with van der Waals surface area (Å²) < 4.78 is 0. The van der Waals surface area contributed by atoms with E-state index in [1.807, 2.05) is 6.92 Å². The SMILES string of the molecule is CC(ON)C1CNC(=O)C1. The zero-order valence-electron chi connectivity index (χ0n) is 5.96. The van der Waals surface area contributed by atoms with E-state index in [1.165, 1.54) is 0 Å². The highest BCUT2D eigenvalue weighted by molar-refractivity contribution is 5.78. The van der Waals surface area contributed by atoms with Gasteiger partial charge in [-0.15, -0.1) is 0 Å². The number of carbonyl (C=O) groups excluding carboxylic acids is 1. The predicted octanol–water partition coefficient (Wildman–Crippen LogP) is -0.599. The molecule has 0 aromatic rings. The predicted molar refractivity (Wildman–Crippen MR) is 35.9 cm³/mol. The van der Waals surface area contributed by atoms with E-state index in [1.54, 1.807) is 0 Å². The van der Waals surface area contributed by atoms with Crippen molar-refractivity contribution in [2.45, 2.75) is 19.4 Å². The van der Waals surface area contributed by atoms with Crippen LogP contribution in [0.4, 0.5) is 0 Å². The molecule has 0 radical (unpaired) electrons. The quantitative estimate of drug-likeness (QED) is 0.509. The van der Waals surface area contributed by atoms with E-state index in [-0.39, 0.29) is 17.9 Å². The van der Waals surface area contributed by atoms with Gasteiger partial charge in [-0.2, -0.15) is 0 Å². The Labute approximate surface area is 59.7 Å². The van der Waals surface area contributed by atoms with Crippen LogP contribution in [-0.2, 0) is 9.63 Å². The lowest BCUT2D eigenvalue weighted by Gasteiger charge is -2.13. The number of amides is 1. The monoisotopic (exact) mass is 144 g/mol. The molecule has 2 atom stereocenters. The van der Waals surface area contributed by atoms with Crippen LogP contribution in [0.2, 0.25) is 0 Å². The van der Waals surface area contributed by atoms with Gasteiger partial charge in [0, 0.05) is 18.9 Å². The molecule has 0 bridgehead atoms. The van der Waals surface area contributed by atoms with Gasteiger partial charge in [-0.05, 0) is 6.92 Å². The normalized spacial score (nSPS) is 28.2. The zero-order valence-corrected chi connectivity index (χ0v) is 5.96. The van der Waals surface area contributed by atoms with Crippen molar-refractivity contribution in [1.29, 1.82) is 0 Å². The summed E-state index contributed by atoms with van der Waals surface area (Å²) in [6.07, 6.45) is 0.511. The lowest BCUT2D eigenvalue weighted by atomic mass is 10.0. The minimum Gasteiger partial charge on any atom is -0.356 e. The van der Waals surface area contributed by atoms with Gasteiger partial charge in [0.15, 0.2) is 0 Å². The van der Waals surface area contributed by atoms with Crippen molar-refractivity contribution in [3.05, 3.63) is 0 Å². The number of nitrogens with one attached hydrogen (secondary N) is 1. The molecule has 3 N–H and O–H groups in total. The maximum absolute atomic E-state index is 10.7. The van der Waals surface area contributed by atoms with Gasteiger partial charge in [-0.25, -0.2) is 5.90 Å². The minimum atomic E-state index is -0.0288. The van der Waals surface area contributed by atoms with Crippen LogP contribution in [-0.4, -0.2) is 18.6 Å². The van der Waals surface area contributed by atoms with E-state index in [2.05, 4.69) is 10.2 Å². The molecule has 4 nitrogen and oxygen atoms in total. The highest BCUT2D eigenvalue weighted by atomic mass is 16.6. The van der Waals surface area contributed by atoms with Crippen LogP contribution in [0.15, 0.2) is 0 Å². The molecule has 0 saturated carbocycles. The van der Waals surface area contributed by atoms with Crippen molar-refractivity contribution in [2.24, 2.45) is 11.8 Å². The topological polar surface area (TPSA) is 64.3 Å². The number of rotatable bonds is 2. The number of nitrogens with two attached hydrogens (primary N) is 1. The maximum Gasteiger partial charge on any atom is 0.220 e. The van der Waals surface area contributed by atoms with Crippen molar-refractivity contribution < 1.29 is 9.63 Å². The van der Waals surface area contributed by atoms with E-state index in [4.69, 9.17) is 5.90 Å². The van der Waals surface area contributed by atoms with Crippen LogP contribution in [0.5, 0.6) is 0 Å². The summed E-state index contributed by atoms with van der Waals surface area (Å²) in [5.41, 5.74) is 0. The van der Waals surface area contributed by atoms with Crippen LogP contribution >= 0.6 is 0 Å². The van der Waals surface area contributed by atoms with Crippen LogP contribution in [0.3, 0.4) is 0 Å². The second-order valence-corrected chi connectivity index (χ2v) is 2.61. The molecule has 0 aromatic carbocycles. The summed E-state index contributed by atoms with van der Waals surface area (Å²) in [6.45, 7) is 2.56. The molecule has 1 heterocycles. The maximum atomic E-state index is 10.7. The van der Waals surface area contributed by atoms with E-state index >= 15 is 0 Å². The summed E-state index contributed by atoms with van der Waals surface area (Å²) in [6, 6.07) is 0. The van der Waals surface area contributed by atoms with Gasteiger partial charge in [-0.3, -0.25) is 4.79 Å². The molecule has 1 saturated heterocycles. The van der Waals surface area contributed by atoms with Gasteiger partial charge in [0.1, 0.15) is 0 Å². The summed E-state index contributed by atoms with van der Waals surface area (Å²) >= 11 is 0. The van der Waals surface area contributed by atoms with Crippen molar-refractivity contribution in [1.82, 2.24) is 5.32 Å². The first-order valence-electron chi connectivity index (χ1n) is 3.36. The fourth-order valence-corrected chi connectivity index (χ4v) is 1.07. The van der Waals surface area contributed by atoms with Crippen LogP contribution in [0.1, 0.15) is 13.3 Å². The fourth-order valence-electron chi connectivity index (χ4n) is 1.07. The second kappa shape index (κ2) is 2.98. The fraction of sp³-hybridized carbons (Fsp3) is 0.833. The second-order valence-electron chi connectivity index (χ2n) is 2.61. The van der Waals surface area contributed by atoms with Crippen molar-refractivity contribution in [2.75, 3.05) is 6.54 Å².